The monoisotopic (exact) mass is 211 g/mol. The minimum atomic E-state index is 0.739. The summed E-state index contributed by atoms with van der Waals surface area (Å²) >= 11 is 0. The molecule has 0 aliphatic carbocycles. The molecule has 2 heterocycles. The second-order valence-electron chi connectivity index (χ2n) is 4.85. The van der Waals surface area contributed by atoms with Crippen LogP contribution in [-0.4, -0.2) is 50.3 Å². The molecule has 2 aliphatic rings. The van der Waals surface area contributed by atoms with Crippen LogP contribution in [0.5, 0.6) is 0 Å². The molecule has 1 atom stereocenters. The molecule has 0 aromatic carbocycles. The Morgan fingerprint density at radius 3 is 2.60 bits per heavy atom. The van der Waals surface area contributed by atoms with Crippen LogP contribution in [0.25, 0.3) is 0 Å². The maximum Gasteiger partial charge on any atom is 0.0468 e. The maximum absolute atomic E-state index is 5.40. The van der Waals surface area contributed by atoms with Crippen molar-refractivity contribution in [1.82, 2.24) is 10.2 Å². The van der Waals surface area contributed by atoms with E-state index in [4.69, 9.17) is 4.74 Å². The van der Waals surface area contributed by atoms with Gasteiger partial charge in [0.15, 0.2) is 0 Å². The molecule has 15 heavy (non-hydrogen) atoms. The Morgan fingerprint density at radius 2 is 1.93 bits per heavy atom. The Hall–Kier alpha value is -0.120. The Labute approximate surface area is 93.2 Å². The molecular formula is C12H23N2O. The molecule has 2 saturated heterocycles. The lowest BCUT2D eigenvalue weighted by Gasteiger charge is -2.35. The second kappa shape index (κ2) is 5.83. The second-order valence-corrected chi connectivity index (χ2v) is 4.85. The Morgan fingerprint density at radius 1 is 1.27 bits per heavy atom. The summed E-state index contributed by atoms with van der Waals surface area (Å²) in [5, 5.41) is 4.39. The molecule has 0 aromatic heterocycles. The number of nitrogens with zero attached hydrogens (tertiary/aromatic N) is 2. The Balaban J connectivity index is 1.72. The van der Waals surface area contributed by atoms with Crippen LogP contribution >= 0.6 is 0 Å². The van der Waals surface area contributed by atoms with Gasteiger partial charge < -0.3 is 4.74 Å². The summed E-state index contributed by atoms with van der Waals surface area (Å²) in [5.74, 6) is 0.896. The van der Waals surface area contributed by atoms with Crippen molar-refractivity contribution in [3.05, 3.63) is 0 Å². The number of hydrogen-bond acceptors (Lipinski definition) is 2. The van der Waals surface area contributed by atoms with Crippen molar-refractivity contribution in [2.75, 3.05) is 39.4 Å². The van der Waals surface area contributed by atoms with Gasteiger partial charge in [-0.3, -0.25) is 4.90 Å². The fraction of sp³-hybridized carbons (Fsp3) is 1.00. The van der Waals surface area contributed by atoms with Gasteiger partial charge >= 0.3 is 0 Å². The zero-order chi connectivity index (χ0) is 10.5. The van der Waals surface area contributed by atoms with E-state index in [1.807, 2.05) is 0 Å². The van der Waals surface area contributed by atoms with Crippen LogP contribution in [0.3, 0.4) is 0 Å². The van der Waals surface area contributed by atoms with Crippen molar-refractivity contribution in [3.63, 3.8) is 0 Å². The first-order chi connectivity index (χ1) is 7.36. The Kier molecular flexibility index (Phi) is 4.42. The average Bonchev–Trinajstić information content (AvgIpc) is 2.31. The fourth-order valence-electron chi connectivity index (χ4n) is 2.68. The molecule has 2 fully saturated rings. The molecule has 2 rings (SSSR count). The van der Waals surface area contributed by atoms with E-state index in [-0.39, 0.29) is 0 Å². The van der Waals surface area contributed by atoms with Crippen molar-refractivity contribution < 1.29 is 4.74 Å². The van der Waals surface area contributed by atoms with E-state index in [2.05, 4.69) is 17.1 Å². The third kappa shape index (κ3) is 3.44. The van der Waals surface area contributed by atoms with Gasteiger partial charge in [-0.15, -0.1) is 0 Å². The van der Waals surface area contributed by atoms with Gasteiger partial charge in [0.1, 0.15) is 0 Å². The van der Waals surface area contributed by atoms with Crippen molar-refractivity contribution in [2.24, 2.45) is 5.92 Å². The average molecular weight is 211 g/mol. The topological polar surface area (TPSA) is 26.6 Å². The van der Waals surface area contributed by atoms with Crippen LogP contribution in [0.15, 0.2) is 0 Å². The number of piperazine rings is 1. The standard InChI is InChI=1S/C12H23N2O/c1-11(14-6-4-13-5-7-14)10-12-2-8-15-9-3-12/h11-12H,2-10H2,1H3. The van der Waals surface area contributed by atoms with E-state index in [0.717, 1.165) is 38.3 Å². The molecular weight excluding hydrogens is 188 g/mol. The minimum absolute atomic E-state index is 0.739. The van der Waals surface area contributed by atoms with Gasteiger partial charge in [-0.05, 0) is 32.1 Å². The van der Waals surface area contributed by atoms with Crippen molar-refractivity contribution in [2.45, 2.75) is 32.2 Å². The summed E-state index contributed by atoms with van der Waals surface area (Å²) in [7, 11) is 0. The van der Waals surface area contributed by atoms with E-state index in [1.54, 1.807) is 0 Å². The highest BCUT2D eigenvalue weighted by molar-refractivity contribution is 4.76. The first-order valence-corrected chi connectivity index (χ1v) is 6.31. The van der Waals surface area contributed by atoms with Gasteiger partial charge in [-0.25, -0.2) is 5.32 Å². The highest BCUT2D eigenvalue weighted by atomic mass is 16.5. The maximum atomic E-state index is 5.40. The number of hydrogen-bond donors (Lipinski definition) is 0. The molecule has 0 amide bonds. The third-order valence-corrected chi connectivity index (χ3v) is 3.73. The van der Waals surface area contributed by atoms with Crippen LogP contribution in [-0.2, 0) is 4.74 Å². The summed E-state index contributed by atoms with van der Waals surface area (Å²) in [6.45, 7) is 8.76. The van der Waals surface area contributed by atoms with Gasteiger partial charge in [-0.1, -0.05) is 0 Å². The zero-order valence-electron chi connectivity index (χ0n) is 9.82. The molecule has 0 aromatic rings. The lowest BCUT2D eigenvalue weighted by Crippen LogP contribution is -2.45. The first-order valence-electron chi connectivity index (χ1n) is 6.31. The Bertz CT molecular complexity index is 174. The summed E-state index contributed by atoms with van der Waals surface area (Å²) in [4.78, 5) is 2.60. The van der Waals surface area contributed by atoms with E-state index < -0.39 is 0 Å². The van der Waals surface area contributed by atoms with E-state index in [0.29, 0.717) is 0 Å². The summed E-state index contributed by atoms with van der Waals surface area (Å²) in [6.07, 6.45) is 3.88. The smallest absolute Gasteiger partial charge is 0.0468 e. The highest BCUT2D eigenvalue weighted by Crippen LogP contribution is 2.22. The lowest BCUT2D eigenvalue weighted by molar-refractivity contribution is 0.0513. The molecule has 2 aliphatic heterocycles. The molecule has 0 bridgehead atoms. The van der Waals surface area contributed by atoms with Gasteiger partial charge in [-0.2, -0.15) is 0 Å². The number of rotatable bonds is 3. The van der Waals surface area contributed by atoms with E-state index >= 15 is 0 Å². The first kappa shape index (κ1) is 11.4. The number of ether oxygens (including phenoxy) is 1. The van der Waals surface area contributed by atoms with Crippen molar-refractivity contribution >= 4 is 0 Å². The van der Waals surface area contributed by atoms with Crippen LogP contribution < -0.4 is 5.32 Å². The lowest BCUT2D eigenvalue weighted by atomic mass is 9.92. The van der Waals surface area contributed by atoms with Crippen LogP contribution in [0.1, 0.15) is 26.2 Å². The molecule has 87 valence electrons. The minimum Gasteiger partial charge on any atom is -0.381 e. The predicted molar refractivity (Wildman–Crippen MR) is 61.1 cm³/mol. The van der Waals surface area contributed by atoms with Gasteiger partial charge in [0.05, 0.1) is 0 Å². The van der Waals surface area contributed by atoms with Crippen molar-refractivity contribution in [3.8, 4) is 0 Å². The van der Waals surface area contributed by atoms with Crippen LogP contribution in [0.2, 0.25) is 0 Å². The third-order valence-electron chi connectivity index (χ3n) is 3.73. The quantitative estimate of drug-likeness (QED) is 0.699. The molecule has 0 saturated carbocycles. The molecule has 0 N–H and O–H groups in total. The fourth-order valence-corrected chi connectivity index (χ4v) is 2.68. The van der Waals surface area contributed by atoms with Crippen molar-refractivity contribution in [1.29, 1.82) is 0 Å². The van der Waals surface area contributed by atoms with Gasteiger partial charge in [0.25, 0.3) is 0 Å². The normalized spacial score (nSPS) is 27.8. The summed E-state index contributed by atoms with van der Waals surface area (Å²) in [6, 6.07) is 0.739. The van der Waals surface area contributed by atoms with Crippen LogP contribution in [0.4, 0.5) is 0 Å². The van der Waals surface area contributed by atoms with Gasteiger partial charge in [0.2, 0.25) is 0 Å². The van der Waals surface area contributed by atoms with Crippen LogP contribution in [0, 0.1) is 5.92 Å². The highest BCUT2D eigenvalue weighted by Gasteiger charge is 2.22. The molecule has 1 unspecified atom stereocenters. The molecule has 3 heteroatoms. The van der Waals surface area contributed by atoms with E-state index in [9.17, 15) is 0 Å². The zero-order valence-corrected chi connectivity index (χ0v) is 9.82. The summed E-state index contributed by atoms with van der Waals surface area (Å²) < 4.78 is 5.40. The molecule has 1 radical (unpaired) electrons. The predicted octanol–water partition coefficient (Wildman–Crippen LogP) is 1.11. The largest absolute Gasteiger partial charge is 0.381 e. The summed E-state index contributed by atoms with van der Waals surface area (Å²) in [5.41, 5.74) is 0. The van der Waals surface area contributed by atoms with Gasteiger partial charge in [0, 0.05) is 45.4 Å². The van der Waals surface area contributed by atoms with E-state index in [1.165, 1.54) is 32.4 Å². The molecule has 0 spiro atoms. The SMILES string of the molecule is CC(CC1CCOCC1)N1CC[N]CC1. The molecule has 3 nitrogen and oxygen atoms in total.